The van der Waals surface area contributed by atoms with E-state index >= 15 is 0 Å². The molecule has 1 amide bonds. The molecule has 0 radical (unpaired) electrons. The first-order valence-corrected chi connectivity index (χ1v) is 9.95. The van der Waals surface area contributed by atoms with Crippen molar-refractivity contribution in [3.8, 4) is 11.4 Å². The molecule has 3 heterocycles. The molecule has 1 N–H and O–H groups in total. The highest BCUT2D eigenvalue weighted by atomic mass is 32.1. The summed E-state index contributed by atoms with van der Waals surface area (Å²) in [4.78, 5) is 21.8. The number of hydrogen-bond donors (Lipinski definition) is 1. The van der Waals surface area contributed by atoms with Gasteiger partial charge < -0.3 is 9.84 Å². The van der Waals surface area contributed by atoms with Gasteiger partial charge in [0.1, 0.15) is 4.88 Å². The van der Waals surface area contributed by atoms with Crippen molar-refractivity contribution >= 4 is 23.1 Å². The van der Waals surface area contributed by atoms with Crippen LogP contribution in [0.25, 0.3) is 11.4 Å². The minimum atomic E-state index is -0.211. The number of rotatable bonds is 7. The van der Waals surface area contributed by atoms with Gasteiger partial charge in [0, 0.05) is 23.6 Å². The van der Waals surface area contributed by atoms with E-state index in [0.717, 1.165) is 41.2 Å². The Morgan fingerprint density at radius 2 is 2.10 bits per heavy atom. The van der Waals surface area contributed by atoms with Gasteiger partial charge in [0.25, 0.3) is 5.91 Å². The van der Waals surface area contributed by atoms with Crippen molar-refractivity contribution in [2.24, 2.45) is 0 Å². The normalized spacial score (nSPS) is 10.8. The summed E-state index contributed by atoms with van der Waals surface area (Å²) in [5.41, 5.74) is 3.07. The molecule has 3 aromatic heterocycles. The molecule has 0 atom stereocenters. The monoisotopic (exact) mass is 406 g/mol. The summed E-state index contributed by atoms with van der Waals surface area (Å²) in [7, 11) is 0. The molecule has 4 rings (SSSR count). The van der Waals surface area contributed by atoms with Gasteiger partial charge in [-0.15, -0.1) is 5.10 Å². The summed E-state index contributed by atoms with van der Waals surface area (Å²) >= 11 is 1.11. The maximum absolute atomic E-state index is 12.7. The maximum atomic E-state index is 12.7. The Morgan fingerprint density at radius 3 is 2.93 bits per heavy atom. The Kier molecular flexibility index (Phi) is 5.66. The third-order valence-electron chi connectivity index (χ3n) is 4.24. The van der Waals surface area contributed by atoms with Gasteiger partial charge >= 0.3 is 0 Å². The standard InChI is InChI=1S/C20H18N6O2S/c1-2-6-16-18(29-26-24-16)20(27)22-15-9-4-3-7-13(15)11-17-23-19(25-28-17)14-8-5-10-21-12-14/h3-5,7-10,12H,2,6,11H2,1H3,(H,22,27). The molecule has 0 aliphatic carbocycles. The van der Waals surface area contributed by atoms with E-state index in [9.17, 15) is 4.79 Å². The summed E-state index contributed by atoms with van der Waals surface area (Å²) in [5, 5.41) is 11.0. The third-order valence-corrected chi connectivity index (χ3v) is 5.01. The lowest BCUT2D eigenvalue weighted by molar-refractivity contribution is 0.102. The van der Waals surface area contributed by atoms with Crippen LogP contribution in [-0.4, -0.2) is 30.6 Å². The lowest BCUT2D eigenvalue weighted by Gasteiger charge is -2.09. The SMILES string of the molecule is CCCc1nnsc1C(=O)Nc1ccccc1Cc1nc(-c2cccnc2)no1. The minimum absolute atomic E-state index is 0.211. The molecule has 0 spiro atoms. The quantitative estimate of drug-likeness (QED) is 0.498. The number of nitrogens with zero attached hydrogens (tertiary/aromatic N) is 5. The molecule has 8 nitrogen and oxygen atoms in total. The van der Waals surface area contributed by atoms with Crippen LogP contribution in [0.5, 0.6) is 0 Å². The topological polar surface area (TPSA) is 107 Å². The van der Waals surface area contributed by atoms with E-state index in [-0.39, 0.29) is 5.91 Å². The molecule has 1 aromatic carbocycles. The van der Waals surface area contributed by atoms with Crippen LogP contribution in [0.2, 0.25) is 0 Å². The number of amides is 1. The van der Waals surface area contributed by atoms with E-state index in [1.807, 2.05) is 43.3 Å². The fourth-order valence-electron chi connectivity index (χ4n) is 2.86. The lowest BCUT2D eigenvalue weighted by atomic mass is 10.1. The minimum Gasteiger partial charge on any atom is -0.339 e. The molecule has 9 heteroatoms. The molecular formula is C20H18N6O2S. The third kappa shape index (κ3) is 4.35. The summed E-state index contributed by atoms with van der Waals surface area (Å²) in [6.07, 6.45) is 5.39. The Labute approximate surface area is 171 Å². The maximum Gasteiger partial charge on any atom is 0.269 e. The number of hydrogen-bond acceptors (Lipinski definition) is 8. The predicted octanol–water partition coefficient (Wildman–Crippen LogP) is 3.78. The van der Waals surface area contributed by atoms with Crippen molar-refractivity contribution in [3.63, 3.8) is 0 Å². The largest absolute Gasteiger partial charge is 0.339 e. The van der Waals surface area contributed by atoms with E-state index in [1.165, 1.54) is 0 Å². The zero-order valence-electron chi connectivity index (χ0n) is 15.7. The number of carbonyl (C=O) groups is 1. The average molecular weight is 406 g/mol. The zero-order valence-corrected chi connectivity index (χ0v) is 16.5. The van der Waals surface area contributed by atoms with Gasteiger partial charge in [0.15, 0.2) is 0 Å². The molecule has 0 saturated carbocycles. The number of pyridine rings is 1. The molecule has 0 fully saturated rings. The smallest absolute Gasteiger partial charge is 0.269 e. The Morgan fingerprint density at radius 1 is 1.21 bits per heavy atom. The van der Waals surface area contributed by atoms with E-state index in [2.05, 4.69) is 30.0 Å². The second kappa shape index (κ2) is 8.70. The summed E-state index contributed by atoms with van der Waals surface area (Å²) in [5.74, 6) is 0.726. The predicted molar refractivity (Wildman–Crippen MR) is 109 cm³/mol. The number of aromatic nitrogens is 5. The number of benzene rings is 1. The number of para-hydroxylation sites is 1. The molecular weight excluding hydrogens is 388 g/mol. The van der Waals surface area contributed by atoms with Crippen LogP contribution >= 0.6 is 11.5 Å². The van der Waals surface area contributed by atoms with Crippen molar-refractivity contribution in [3.05, 3.63) is 70.8 Å². The molecule has 0 aliphatic rings. The molecule has 0 aliphatic heterocycles. The number of anilines is 1. The van der Waals surface area contributed by atoms with Gasteiger partial charge in [-0.1, -0.05) is 41.2 Å². The van der Waals surface area contributed by atoms with Crippen LogP contribution in [0.1, 0.15) is 40.2 Å². The number of carbonyl (C=O) groups excluding carboxylic acids is 1. The van der Waals surface area contributed by atoms with Crippen molar-refractivity contribution in [1.29, 1.82) is 0 Å². The van der Waals surface area contributed by atoms with Gasteiger partial charge in [-0.2, -0.15) is 4.98 Å². The van der Waals surface area contributed by atoms with E-state index in [1.54, 1.807) is 12.4 Å². The average Bonchev–Trinajstić information content (AvgIpc) is 3.40. The fourth-order valence-corrected chi connectivity index (χ4v) is 3.46. The Hall–Kier alpha value is -3.46. The van der Waals surface area contributed by atoms with Gasteiger partial charge in [0.05, 0.1) is 12.1 Å². The summed E-state index contributed by atoms with van der Waals surface area (Å²) in [6.45, 7) is 2.04. The highest BCUT2D eigenvalue weighted by Crippen LogP contribution is 2.22. The Bertz CT molecular complexity index is 1110. The van der Waals surface area contributed by atoms with Crippen LogP contribution in [0.4, 0.5) is 5.69 Å². The van der Waals surface area contributed by atoms with Crippen LogP contribution in [-0.2, 0) is 12.8 Å². The molecule has 0 bridgehead atoms. The van der Waals surface area contributed by atoms with E-state index in [4.69, 9.17) is 4.52 Å². The molecule has 0 unspecified atom stereocenters. The van der Waals surface area contributed by atoms with Crippen molar-refractivity contribution in [2.75, 3.05) is 5.32 Å². The van der Waals surface area contributed by atoms with Crippen LogP contribution in [0.3, 0.4) is 0 Å². The molecule has 0 saturated heterocycles. The zero-order chi connectivity index (χ0) is 20.1. The number of aryl methyl sites for hydroxylation is 1. The summed E-state index contributed by atoms with van der Waals surface area (Å²) < 4.78 is 9.30. The first kappa shape index (κ1) is 18.9. The summed E-state index contributed by atoms with van der Waals surface area (Å²) in [6, 6.07) is 11.2. The molecule has 4 aromatic rings. The van der Waals surface area contributed by atoms with Gasteiger partial charge in [-0.25, -0.2) is 0 Å². The molecule has 29 heavy (non-hydrogen) atoms. The van der Waals surface area contributed by atoms with E-state index in [0.29, 0.717) is 28.7 Å². The van der Waals surface area contributed by atoms with Crippen LogP contribution < -0.4 is 5.32 Å². The van der Waals surface area contributed by atoms with Crippen molar-refractivity contribution in [2.45, 2.75) is 26.2 Å². The van der Waals surface area contributed by atoms with E-state index < -0.39 is 0 Å². The molecule has 146 valence electrons. The van der Waals surface area contributed by atoms with Crippen molar-refractivity contribution < 1.29 is 9.32 Å². The van der Waals surface area contributed by atoms with Gasteiger partial charge in [-0.05, 0) is 41.7 Å². The van der Waals surface area contributed by atoms with Crippen LogP contribution in [0, 0.1) is 0 Å². The van der Waals surface area contributed by atoms with Gasteiger partial charge in [0.2, 0.25) is 11.7 Å². The first-order chi connectivity index (χ1) is 14.2. The second-order valence-corrected chi connectivity index (χ2v) is 7.09. The van der Waals surface area contributed by atoms with Crippen molar-refractivity contribution in [1.82, 2.24) is 24.7 Å². The Balaban J connectivity index is 1.52. The number of nitrogens with one attached hydrogen (secondary N) is 1. The van der Waals surface area contributed by atoms with Crippen LogP contribution in [0.15, 0.2) is 53.3 Å². The lowest BCUT2D eigenvalue weighted by Crippen LogP contribution is -2.14. The fraction of sp³-hybridized carbons (Fsp3) is 0.200. The first-order valence-electron chi connectivity index (χ1n) is 9.18. The highest BCUT2D eigenvalue weighted by Gasteiger charge is 2.18. The van der Waals surface area contributed by atoms with Gasteiger partial charge in [-0.3, -0.25) is 9.78 Å². The highest BCUT2D eigenvalue weighted by molar-refractivity contribution is 7.08. The second-order valence-electron chi connectivity index (χ2n) is 6.34.